The predicted molar refractivity (Wildman–Crippen MR) is 124 cm³/mol. The van der Waals surface area contributed by atoms with Crippen LogP contribution in [0.25, 0.3) is 10.9 Å². The zero-order valence-corrected chi connectivity index (χ0v) is 18.0. The molecule has 0 aliphatic heterocycles. The number of rotatable bonds is 6. The molecule has 0 unspecified atom stereocenters. The fraction of sp³-hybridized carbons (Fsp3) is 0.167. The van der Waals surface area contributed by atoms with Gasteiger partial charge < -0.3 is 10.1 Å². The summed E-state index contributed by atoms with van der Waals surface area (Å²) < 4.78 is 7.67. The second kappa shape index (κ2) is 9.82. The number of pyridine rings is 1. The molecular formula is C24H23N5O4. The van der Waals surface area contributed by atoms with Gasteiger partial charge >= 0.3 is 12.1 Å². The van der Waals surface area contributed by atoms with Gasteiger partial charge in [-0.05, 0) is 18.1 Å². The van der Waals surface area contributed by atoms with E-state index in [9.17, 15) is 14.4 Å². The molecule has 0 aliphatic carbocycles. The summed E-state index contributed by atoms with van der Waals surface area (Å²) in [6.07, 6.45) is 0.660. The van der Waals surface area contributed by atoms with Crippen molar-refractivity contribution in [1.82, 2.24) is 19.7 Å². The molecule has 2 aromatic carbocycles. The minimum absolute atomic E-state index is 0.149. The van der Waals surface area contributed by atoms with Crippen LogP contribution >= 0.6 is 0 Å². The molecule has 0 atom stereocenters. The van der Waals surface area contributed by atoms with Gasteiger partial charge in [-0.3, -0.25) is 10.1 Å². The molecule has 4 aromatic rings. The number of carbonyl (C=O) groups excluding carboxylic acids is 2. The van der Waals surface area contributed by atoms with E-state index in [4.69, 9.17) is 4.74 Å². The molecule has 4 rings (SSSR count). The van der Waals surface area contributed by atoms with E-state index >= 15 is 0 Å². The van der Waals surface area contributed by atoms with Gasteiger partial charge in [0.1, 0.15) is 5.82 Å². The monoisotopic (exact) mass is 445 g/mol. The quantitative estimate of drug-likeness (QED) is 0.472. The lowest BCUT2D eigenvalue weighted by Gasteiger charge is -2.11. The van der Waals surface area contributed by atoms with E-state index in [-0.39, 0.29) is 29.9 Å². The number of urea groups is 1. The first-order valence-corrected chi connectivity index (χ1v) is 10.5. The Morgan fingerprint density at radius 3 is 2.33 bits per heavy atom. The summed E-state index contributed by atoms with van der Waals surface area (Å²) in [5.41, 5.74) is 1.71. The summed E-state index contributed by atoms with van der Waals surface area (Å²) in [6, 6.07) is 19.8. The fourth-order valence-electron chi connectivity index (χ4n) is 3.43. The van der Waals surface area contributed by atoms with Gasteiger partial charge in [0, 0.05) is 18.8 Å². The van der Waals surface area contributed by atoms with Crippen LogP contribution in [-0.2, 0) is 17.8 Å². The smallest absolute Gasteiger partial charge is 0.433 e. The zero-order valence-electron chi connectivity index (χ0n) is 18.0. The number of ether oxygens (including phenoxy) is 1. The fourth-order valence-corrected chi connectivity index (χ4v) is 3.43. The SMILES string of the molecule is CCOC(=O)n1c2cc(NC(=O)NCc3ccccc3)ncc2c(=O)n1Cc1ccccc1. The third-order valence-electron chi connectivity index (χ3n) is 4.97. The zero-order chi connectivity index (χ0) is 23.2. The number of hydrogen-bond acceptors (Lipinski definition) is 5. The van der Waals surface area contributed by atoms with Gasteiger partial charge in [-0.2, -0.15) is 4.68 Å². The molecule has 0 spiro atoms. The summed E-state index contributed by atoms with van der Waals surface area (Å²) in [5.74, 6) is 0.197. The summed E-state index contributed by atoms with van der Waals surface area (Å²) in [4.78, 5) is 42.3. The molecule has 0 aliphatic rings. The molecular weight excluding hydrogens is 422 g/mol. The van der Waals surface area contributed by atoms with E-state index in [0.717, 1.165) is 11.1 Å². The number of hydrogen-bond donors (Lipinski definition) is 2. The van der Waals surface area contributed by atoms with Gasteiger partial charge in [0.05, 0.1) is 24.1 Å². The highest BCUT2D eigenvalue weighted by atomic mass is 16.6. The maximum Gasteiger partial charge on any atom is 0.433 e. The van der Waals surface area contributed by atoms with Crippen LogP contribution in [0.4, 0.5) is 15.4 Å². The number of carbonyl (C=O) groups is 2. The van der Waals surface area contributed by atoms with E-state index in [1.165, 1.54) is 21.6 Å². The second-order valence-electron chi connectivity index (χ2n) is 7.24. The first kappa shape index (κ1) is 21.8. The van der Waals surface area contributed by atoms with Crippen molar-refractivity contribution in [2.75, 3.05) is 11.9 Å². The standard InChI is InChI=1S/C24H23N5O4/c1-2-33-24(32)29-20-13-21(27-23(31)26-14-17-9-5-3-6-10-17)25-15-19(20)22(30)28(29)16-18-11-7-4-8-12-18/h3-13,15H,2,14,16H2,1H3,(H2,25,26,27,31). The van der Waals surface area contributed by atoms with Gasteiger partial charge in [0.15, 0.2) is 0 Å². The largest absolute Gasteiger partial charge is 0.448 e. The molecule has 0 bridgehead atoms. The van der Waals surface area contributed by atoms with Crippen LogP contribution in [0.2, 0.25) is 0 Å². The van der Waals surface area contributed by atoms with Crippen LogP contribution in [-0.4, -0.2) is 33.1 Å². The Labute approximate surface area is 189 Å². The molecule has 168 valence electrons. The molecule has 2 aromatic heterocycles. The Morgan fingerprint density at radius 1 is 1.00 bits per heavy atom. The van der Waals surface area contributed by atoms with E-state index in [1.54, 1.807) is 6.92 Å². The van der Waals surface area contributed by atoms with E-state index in [2.05, 4.69) is 15.6 Å². The molecule has 0 saturated carbocycles. The lowest BCUT2D eigenvalue weighted by molar-refractivity contribution is 0.147. The summed E-state index contributed by atoms with van der Waals surface area (Å²) in [7, 11) is 0. The van der Waals surface area contributed by atoms with E-state index in [1.807, 2.05) is 60.7 Å². The van der Waals surface area contributed by atoms with Crippen LogP contribution < -0.4 is 16.2 Å². The topological polar surface area (TPSA) is 107 Å². The Kier molecular flexibility index (Phi) is 6.49. The number of anilines is 1. The number of aromatic nitrogens is 3. The van der Waals surface area contributed by atoms with Crippen molar-refractivity contribution in [1.29, 1.82) is 0 Å². The molecule has 2 N–H and O–H groups in total. The maximum absolute atomic E-state index is 13.0. The number of fused-ring (bicyclic) bond motifs is 1. The predicted octanol–water partition coefficient (Wildman–Crippen LogP) is 3.57. The number of nitrogens with zero attached hydrogens (tertiary/aromatic N) is 3. The summed E-state index contributed by atoms with van der Waals surface area (Å²) in [5, 5.41) is 5.63. The molecule has 9 heteroatoms. The normalized spacial score (nSPS) is 10.7. The minimum atomic E-state index is -0.689. The molecule has 2 amide bonds. The van der Waals surface area contributed by atoms with E-state index in [0.29, 0.717) is 12.1 Å². The lowest BCUT2D eigenvalue weighted by atomic mass is 10.2. The molecule has 9 nitrogen and oxygen atoms in total. The van der Waals surface area contributed by atoms with Crippen molar-refractivity contribution in [2.45, 2.75) is 20.0 Å². The Bertz CT molecular complexity index is 1330. The average molecular weight is 445 g/mol. The Morgan fingerprint density at radius 2 is 1.67 bits per heavy atom. The summed E-state index contributed by atoms with van der Waals surface area (Å²) in [6.45, 7) is 2.36. The van der Waals surface area contributed by atoms with Crippen molar-refractivity contribution >= 4 is 28.8 Å². The van der Waals surface area contributed by atoms with Crippen molar-refractivity contribution in [3.8, 4) is 0 Å². The molecule has 33 heavy (non-hydrogen) atoms. The van der Waals surface area contributed by atoms with Crippen molar-refractivity contribution in [3.05, 3.63) is 94.4 Å². The van der Waals surface area contributed by atoms with Gasteiger partial charge in [-0.1, -0.05) is 60.7 Å². The molecule has 0 radical (unpaired) electrons. The number of amides is 2. The van der Waals surface area contributed by atoms with Gasteiger partial charge in [-0.25, -0.2) is 19.3 Å². The Balaban J connectivity index is 1.64. The first-order valence-electron chi connectivity index (χ1n) is 10.5. The van der Waals surface area contributed by atoms with Crippen LogP contribution in [0.5, 0.6) is 0 Å². The van der Waals surface area contributed by atoms with Crippen LogP contribution in [0, 0.1) is 0 Å². The summed E-state index contributed by atoms with van der Waals surface area (Å²) >= 11 is 0. The van der Waals surface area contributed by atoms with Crippen LogP contribution in [0.15, 0.2) is 77.7 Å². The average Bonchev–Trinajstić information content (AvgIpc) is 3.10. The number of nitrogens with one attached hydrogen (secondary N) is 2. The third-order valence-corrected chi connectivity index (χ3v) is 4.97. The highest BCUT2D eigenvalue weighted by molar-refractivity contribution is 5.93. The van der Waals surface area contributed by atoms with E-state index < -0.39 is 12.1 Å². The molecule has 0 saturated heterocycles. The van der Waals surface area contributed by atoms with Gasteiger partial charge in [0.25, 0.3) is 5.56 Å². The highest BCUT2D eigenvalue weighted by Crippen LogP contribution is 2.17. The van der Waals surface area contributed by atoms with Crippen molar-refractivity contribution in [2.24, 2.45) is 0 Å². The maximum atomic E-state index is 13.0. The van der Waals surface area contributed by atoms with Gasteiger partial charge in [-0.15, -0.1) is 0 Å². The third kappa shape index (κ3) is 4.93. The number of benzene rings is 2. The van der Waals surface area contributed by atoms with Crippen molar-refractivity contribution < 1.29 is 14.3 Å². The van der Waals surface area contributed by atoms with Crippen LogP contribution in [0.1, 0.15) is 18.1 Å². The highest BCUT2D eigenvalue weighted by Gasteiger charge is 2.21. The van der Waals surface area contributed by atoms with Crippen molar-refractivity contribution in [3.63, 3.8) is 0 Å². The lowest BCUT2D eigenvalue weighted by Crippen LogP contribution is -2.29. The van der Waals surface area contributed by atoms with Crippen LogP contribution in [0.3, 0.4) is 0 Å². The van der Waals surface area contributed by atoms with Gasteiger partial charge in [0.2, 0.25) is 0 Å². The Hall–Kier alpha value is -4.40. The molecule has 0 fully saturated rings. The minimum Gasteiger partial charge on any atom is -0.448 e. The first-order chi connectivity index (χ1) is 16.1. The second-order valence-corrected chi connectivity index (χ2v) is 7.24. The molecule has 2 heterocycles.